The Balaban J connectivity index is 2.33. The summed E-state index contributed by atoms with van der Waals surface area (Å²) in [5.74, 6) is -0.641. The molecular weight excluding hydrogens is 374 g/mol. The van der Waals surface area contributed by atoms with Crippen LogP contribution in [0, 0.1) is 0 Å². The first-order valence-corrected chi connectivity index (χ1v) is 8.60. The first kappa shape index (κ1) is 17.9. The Morgan fingerprint density at radius 2 is 1.52 bits per heavy atom. The number of para-hydroxylation sites is 1. The molecule has 1 N–H and O–H groups in total. The molecule has 0 saturated carbocycles. The van der Waals surface area contributed by atoms with E-state index in [2.05, 4.69) is 0 Å². The molecule has 0 aliphatic rings. The van der Waals surface area contributed by atoms with Crippen molar-refractivity contribution in [3.8, 4) is 0 Å². The number of hydrogen-bond donors (Lipinski definition) is 1. The molecule has 23 heavy (non-hydrogen) atoms. The summed E-state index contributed by atoms with van der Waals surface area (Å²) in [6, 6.07) is 8.73. The molecule has 0 aliphatic heterocycles. The van der Waals surface area contributed by atoms with Gasteiger partial charge in [-0.3, -0.25) is 4.72 Å². The van der Waals surface area contributed by atoms with Crippen molar-refractivity contribution in [2.75, 3.05) is 4.72 Å². The maximum atomic E-state index is 12.9. The van der Waals surface area contributed by atoms with Gasteiger partial charge in [-0.25, -0.2) is 8.42 Å². The van der Waals surface area contributed by atoms with Gasteiger partial charge in [0.2, 0.25) is 10.0 Å². The van der Waals surface area contributed by atoms with E-state index in [1.54, 1.807) is 0 Å². The number of anilines is 1. The van der Waals surface area contributed by atoms with Gasteiger partial charge in [-0.05, 0) is 24.3 Å². The smallest absolute Gasteiger partial charge is 0.283 e. The Morgan fingerprint density at radius 1 is 0.957 bits per heavy atom. The molecule has 124 valence electrons. The van der Waals surface area contributed by atoms with Crippen molar-refractivity contribution in [3.05, 3.63) is 63.6 Å². The van der Waals surface area contributed by atoms with Crippen molar-refractivity contribution in [1.82, 2.24) is 0 Å². The van der Waals surface area contributed by atoms with Crippen molar-refractivity contribution in [1.29, 1.82) is 0 Å². The molecule has 0 atom stereocenters. The second-order valence-corrected chi connectivity index (χ2v) is 7.14. The van der Waals surface area contributed by atoms with Crippen LogP contribution in [0.2, 0.25) is 10.0 Å². The molecule has 0 radical (unpaired) electrons. The van der Waals surface area contributed by atoms with Crippen molar-refractivity contribution in [3.63, 3.8) is 0 Å². The zero-order valence-corrected chi connectivity index (χ0v) is 13.7. The summed E-state index contributed by atoms with van der Waals surface area (Å²) in [5, 5.41) is 0.235. The van der Waals surface area contributed by atoms with Crippen molar-refractivity contribution >= 4 is 38.9 Å². The maximum absolute atomic E-state index is 12.9. The highest BCUT2D eigenvalue weighted by Gasteiger charge is 2.34. The van der Waals surface area contributed by atoms with Crippen LogP contribution in [-0.2, 0) is 22.0 Å². The van der Waals surface area contributed by atoms with Gasteiger partial charge in [0, 0.05) is 15.6 Å². The minimum Gasteiger partial charge on any atom is -0.283 e. The van der Waals surface area contributed by atoms with Crippen LogP contribution in [0.15, 0.2) is 42.5 Å². The third-order valence-electron chi connectivity index (χ3n) is 2.89. The highest BCUT2D eigenvalue weighted by atomic mass is 35.5. The number of alkyl halides is 3. The number of benzene rings is 2. The fraction of sp³-hybridized carbons (Fsp3) is 0.143. The first-order chi connectivity index (χ1) is 10.6. The van der Waals surface area contributed by atoms with E-state index in [-0.39, 0.29) is 15.6 Å². The molecule has 0 spiro atoms. The number of rotatable bonds is 4. The number of sulfonamides is 1. The Hall–Kier alpha value is -1.44. The van der Waals surface area contributed by atoms with Crippen molar-refractivity contribution in [2.24, 2.45) is 0 Å². The SMILES string of the molecule is O=S(=O)(Cc1c(Cl)cccc1Cl)Nc1ccccc1C(F)(F)F. The van der Waals surface area contributed by atoms with Crippen LogP contribution in [0.3, 0.4) is 0 Å². The minimum atomic E-state index is -4.68. The quantitative estimate of drug-likeness (QED) is 0.811. The second kappa shape index (κ2) is 6.59. The van der Waals surface area contributed by atoms with E-state index < -0.39 is 33.2 Å². The van der Waals surface area contributed by atoms with Gasteiger partial charge in [-0.1, -0.05) is 41.4 Å². The fourth-order valence-corrected chi connectivity index (χ4v) is 3.85. The topological polar surface area (TPSA) is 46.2 Å². The van der Waals surface area contributed by atoms with Crippen LogP contribution in [0.25, 0.3) is 0 Å². The molecule has 0 saturated heterocycles. The molecule has 3 nitrogen and oxygen atoms in total. The molecular formula is C14H10Cl2F3NO2S. The van der Waals surface area contributed by atoms with E-state index in [1.807, 2.05) is 4.72 Å². The molecule has 2 aromatic carbocycles. The number of hydrogen-bond acceptors (Lipinski definition) is 2. The lowest BCUT2D eigenvalue weighted by Gasteiger charge is -2.15. The Labute approximate surface area is 141 Å². The van der Waals surface area contributed by atoms with Gasteiger partial charge in [0.05, 0.1) is 17.0 Å². The molecule has 2 aromatic rings. The molecule has 9 heteroatoms. The zero-order chi connectivity index (χ0) is 17.3. The summed E-state index contributed by atoms with van der Waals surface area (Å²) < 4.78 is 65.0. The average molecular weight is 384 g/mol. The summed E-state index contributed by atoms with van der Waals surface area (Å²) in [4.78, 5) is 0. The molecule has 0 aromatic heterocycles. The summed E-state index contributed by atoms with van der Waals surface area (Å²) in [6.45, 7) is 0. The highest BCUT2D eigenvalue weighted by Crippen LogP contribution is 2.35. The highest BCUT2D eigenvalue weighted by molar-refractivity contribution is 7.91. The predicted molar refractivity (Wildman–Crippen MR) is 84.2 cm³/mol. The van der Waals surface area contributed by atoms with Gasteiger partial charge in [-0.15, -0.1) is 0 Å². The molecule has 0 fully saturated rings. The van der Waals surface area contributed by atoms with Crippen LogP contribution in [0.4, 0.5) is 18.9 Å². The first-order valence-electron chi connectivity index (χ1n) is 6.20. The molecule has 0 aliphatic carbocycles. The molecule has 0 amide bonds. The van der Waals surface area contributed by atoms with E-state index in [4.69, 9.17) is 23.2 Å². The Bertz CT molecular complexity index is 803. The van der Waals surface area contributed by atoms with Crippen molar-refractivity contribution < 1.29 is 21.6 Å². The van der Waals surface area contributed by atoms with Gasteiger partial charge in [0.25, 0.3) is 0 Å². The third-order valence-corrected chi connectivity index (χ3v) is 4.80. The van der Waals surface area contributed by atoms with Crippen LogP contribution in [0.1, 0.15) is 11.1 Å². The van der Waals surface area contributed by atoms with Gasteiger partial charge in [0.1, 0.15) is 0 Å². The minimum absolute atomic E-state index is 0.118. The standard InChI is InChI=1S/C14H10Cl2F3NO2S/c15-11-5-3-6-12(16)9(11)8-23(21,22)20-13-7-2-1-4-10(13)14(17,18)19/h1-7,20H,8H2. The summed E-state index contributed by atoms with van der Waals surface area (Å²) >= 11 is 11.8. The summed E-state index contributed by atoms with van der Waals surface area (Å²) in [6.07, 6.45) is -4.68. The molecule has 0 bridgehead atoms. The lowest BCUT2D eigenvalue weighted by atomic mass is 10.2. The van der Waals surface area contributed by atoms with Gasteiger partial charge >= 0.3 is 6.18 Å². The third kappa shape index (κ3) is 4.53. The molecule has 2 rings (SSSR count). The van der Waals surface area contributed by atoms with Crippen LogP contribution in [0.5, 0.6) is 0 Å². The number of halogens is 5. The Morgan fingerprint density at radius 3 is 2.09 bits per heavy atom. The molecule has 0 heterocycles. The van der Waals surface area contributed by atoms with Gasteiger partial charge in [0.15, 0.2) is 0 Å². The zero-order valence-electron chi connectivity index (χ0n) is 11.4. The average Bonchev–Trinajstić information content (AvgIpc) is 2.42. The summed E-state index contributed by atoms with van der Waals surface area (Å²) in [7, 11) is -4.13. The van der Waals surface area contributed by atoms with E-state index in [0.29, 0.717) is 0 Å². The van der Waals surface area contributed by atoms with Crippen LogP contribution in [-0.4, -0.2) is 8.42 Å². The lowest BCUT2D eigenvalue weighted by Crippen LogP contribution is -2.18. The normalized spacial score (nSPS) is 12.2. The maximum Gasteiger partial charge on any atom is 0.418 e. The van der Waals surface area contributed by atoms with Gasteiger partial charge in [-0.2, -0.15) is 13.2 Å². The molecule has 0 unspecified atom stereocenters. The van der Waals surface area contributed by atoms with E-state index >= 15 is 0 Å². The fourth-order valence-electron chi connectivity index (χ4n) is 1.88. The van der Waals surface area contributed by atoms with E-state index in [9.17, 15) is 21.6 Å². The van der Waals surface area contributed by atoms with E-state index in [1.165, 1.54) is 30.3 Å². The van der Waals surface area contributed by atoms with Crippen molar-refractivity contribution in [2.45, 2.75) is 11.9 Å². The summed E-state index contributed by atoms with van der Waals surface area (Å²) in [5.41, 5.74) is -1.51. The van der Waals surface area contributed by atoms with Crippen LogP contribution >= 0.6 is 23.2 Å². The Kier molecular flexibility index (Phi) is 5.13. The van der Waals surface area contributed by atoms with Gasteiger partial charge < -0.3 is 0 Å². The number of nitrogens with one attached hydrogen (secondary N) is 1. The lowest BCUT2D eigenvalue weighted by molar-refractivity contribution is -0.136. The second-order valence-electron chi connectivity index (χ2n) is 4.60. The largest absolute Gasteiger partial charge is 0.418 e. The van der Waals surface area contributed by atoms with Crippen LogP contribution < -0.4 is 4.72 Å². The monoisotopic (exact) mass is 383 g/mol. The van der Waals surface area contributed by atoms with E-state index in [0.717, 1.165) is 12.1 Å². The predicted octanol–water partition coefficient (Wildman–Crippen LogP) is 4.95.